The number of hydrogen-bond donors (Lipinski definition) is 1. The molecule has 0 radical (unpaired) electrons. The monoisotopic (exact) mass is 801 g/mol. The lowest BCUT2D eigenvalue weighted by molar-refractivity contribution is -0.387. The minimum atomic E-state index is -4.27. The molecule has 3 aromatic carbocycles. The Hall–Kier alpha value is -3.36. The summed E-state index contributed by atoms with van der Waals surface area (Å²) >= 11 is 3.60. The van der Waals surface area contributed by atoms with E-state index in [1.807, 2.05) is 13.0 Å². The molecular weight excluding hydrogens is 759 g/mol. The highest BCUT2D eigenvalue weighted by molar-refractivity contribution is 9.10. The molecule has 0 unspecified atom stereocenters. The molecule has 1 N–H and O–H groups in total. The molecule has 50 heavy (non-hydrogen) atoms. The van der Waals surface area contributed by atoms with Crippen molar-refractivity contribution >= 4 is 60.9 Å². The van der Waals surface area contributed by atoms with Gasteiger partial charge in [-0.05, 0) is 65.5 Å². The van der Waals surface area contributed by atoms with Crippen LogP contribution in [0.1, 0.15) is 52.7 Å². The van der Waals surface area contributed by atoms with Gasteiger partial charge in [0.1, 0.15) is 0 Å². The second kappa shape index (κ2) is 15.9. The van der Waals surface area contributed by atoms with Gasteiger partial charge in [-0.2, -0.15) is 0 Å². The SMILES string of the molecule is Cc1ccc(S(=O)(=O)n2cc(CC=C=C(CNS(=O)(=O)c3ccccc3[N+](=O)[O-])CO[Si](C(C)C)(C(C)C)C(C)C)c3c(Br)cccc32)cc1. The van der Waals surface area contributed by atoms with Crippen LogP contribution in [0.25, 0.3) is 10.9 Å². The standard InChI is InChI=1S/C36H44BrN3O7S2Si/c1-25(2)50(26(3)4,27(5)6)47-24-29(22-38-48(43,44)35-17-9-8-15-33(35)40(41)42)12-10-13-30-23-39(34-16-11-14-32(37)36(30)34)49(45,46)31-20-18-28(7)19-21-31/h8-11,14-21,23,25-27,38H,13,22,24H2,1-7H3. The number of nitro benzene ring substituents is 1. The number of aromatic nitrogens is 1. The van der Waals surface area contributed by atoms with Crippen molar-refractivity contribution in [3.8, 4) is 0 Å². The van der Waals surface area contributed by atoms with Gasteiger partial charge in [0, 0.05) is 40.7 Å². The molecule has 0 aliphatic heterocycles. The number of sulfonamides is 1. The summed E-state index contributed by atoms with van der Waals surface area (Å²) in [5.41, 5.74) is 6.21. The third-order valence-corrected chi connectivity index (χ3v) is 18.9. The van der Waals surface area contributed by atoms with E-state index in [4.69, 9.17) is 4.43 Å². The van der Waals surface area contributed by atoms with Crippen molar-refractivity contribution < 1.29 is 26.2 Å². The topological polar surface area (TPSA) is 138 Å². The van der Waals surface area contributed by atoms with Gasteiger partial charge in [0.05, 0.1) is 21.9 Å². The summed E-state index contributed by atoms with van der Waals surface area (Å²) in [5, 5.41) is 12.3. The van der Waals surface area contributed by atoms with Crippen LogP contribution >= 0.6 is 15.9 Å². The predicted octanol–water partition coefficient (Wildman–Crippen LogP) is 8.65. The first-order valence-corrected chi connectivity index (χ1v) is 22.2. The second-order valence-corrected chi connectivity index (χ2v) is 23.1. The van der Waals surface area contributed by atoms with Crippen molar-refractivity contribution in [2.24, 2.45) is 0 Å². The summed E-state index contributed by atoms with van der Waals surface area (Å²) in [6, 6.07) is 17.2. The summed E-state index contributed by atoms with van der Waals surface area (Å²) in [6.07, 6.45) is 3.61. The van der Waals surface area contributed by atoms with E-state index in [1.54, 1.807) is 48.7 Å². The van der Waals surface area contributed by atoms with Crippen LogP contribution in [0.4, 0.5) is 5.69 Å². The van der Waals surface area contributed by atoms with E-state index >= 15 is 0 Å². The molecule has 0 atom stereocenters. The van der Waals surface area contributed by atoms with Gasteiger partial charge in [-0.15, -0.1) is 5.73 Å². The number of benzene rings is 3. The van der Waals surface area contributed by atoms with Gasteiger partial charge >= 0.3 is 0 Å². The van der Waals surface area contributed by atoms with Crippen molar-refractivity contribution in [2.45, 2.75) is 81.3 Å². The molecule has 0 fully saturated rings. The van der Waals surface area contributed by atoms with Crippen LogP contribution in [-0.2, 0) is 30.9 Å². The highest BCUT2D eigenvalue weighted by Crippen LogP contribution is 2.42. The molecule has 0 aliphatic carbocycles. The molecule has 0 saturated heterocycles. The van der Waals surface area contributed by atoms with Gasteiger partial charge in [0.2, 0.25) is 18.3 Å². The van der Waals surface area contributed by atoms with Crippen LogP contribution in [0.2, 0.25) is 16.6 Å². The highest BCUT2D eigenvalue weighted by atomic mass is 79.9. The highest BCUT2D eigenvalue weighted by Gasteiger charge is 2.45. The first kappa shape index (κ1) is 39.4. The lowest BCUT2D eigenvalue weighted by Gasteiger charge is -2.42. The molecule has 1 aromatic heterocycles. The number of nitrogens with zero attached hydrogens (tertiary/aromatic N) is 2. The van der Waals surface area contributed by atoms with Gasteiger partial charge in [-0.25, -0.2) is 25.5 Å². The van der Waals surface area contributed by atoms with Crippen molar-refractivity contribution in [3.05, 3.63) is 116 Å². The zero-order valence-electron chi connectivity index (χ0n) is 29.3. The molecule has 0 amide bonds. The Bertz CT molecular complexity index is 2130. The molecule has 14 heteroatoms. The third kappa shape index (κ3) is 8.23. The molecule has 0 aliphatic rings. The molecule has 0 saturated carbocycles. The summed E-state index contributed by atoms with van der Waals surface area (Å²) < 4.78 is 65.5. The van der Waals surface area contributed by atoms with Crippen molar-refractivity contribution in [3.63, 3.8) is 0 Å². The zero-order valence-corrected chi connectivity index (χ0v) is 33.5. The summed E-state index contributed by atoms with van der Waals surface area (Å²) in [5.74, 6) is 0. The summed E-state index contributed by atoms with van der Waals surface area (Å²) in [7, 11) is -10.6. The fourth-order valence-electron chi connectivity index (χ4n) is 6.72. The molecule has 0 spiro atoms. The van der Waals surface area contributed by atoms with E-state index in [2.05, 4.69) is 67.9 Å². The minimum absolute atomic E-state index is 0.101. The number of fused-ring (bicyclic) bond motifs is 1. The molecule has 1 heterocycles. The molecule has 4 rings (SSSR count). The van der Waals surface area contributed by atoms with E-state index in [9.17, 15) is 26.9 Å². The van der Waals surface area contributed by atoms with Crippen LogP contribution in [0.5, 0.6) is 0 Å². The quantitative estimate of drug-likeness (QED) is 0.0550. The molecule has 4 aromatic rings. The Kier molecular flexibility index (Phi) is 12.5. The Labute approximate surface area is 304 Å². The third-order valence-electron chi connectivity index (χ3n) is 9.06. The van der Waals surface area contributed by atoms with Crippen LogP contribution in [0.15, 0.2) is 105 Å². The lowest BCUT2D eigenvalue weighted by atomic mass is 10.1. The number of para-hydroxylation sites is 1. The maximum absolute atomic E-state index is 13.8. The number of nitro groups is 1. The molecule has 0 bridgehead atoms. The van der Waals surface area contributed by atoms with Crippen molar-refractivity contribution in [1.82, 2.24) is 8.69 Å². The van der Waals surface area contributed by atoms with Crippen molar-refractivity contribution in [1.29, 1.82) is 0 Å². The maximum atomic E-state index is 13.8. The smallest absolute Gasteiger partial charge is 0.289 e. The van der Waals surface area contributed by atoms with Gasteiger partial charge in [0.15, 0.2) is 4.90 Å². The Morgan fingerprint density at radius 1 is 0.960 bits per heavy atom. The van der Waals surface area contributed by atoms with E-state index in [0.29, 0.717) is 16.7 Å². The Morgan fingerprint density at radius 3 is 2.18 bits per heavy atom. The lowest BCUT2D eigenvalue weighted by Crippen LogP contribution is -2.48. The van der Waals surface area contributed by atoms with Crippen molar-refractivity contribution in [2.75, 3.05) is 13.2 Å². The normalized spacial score (nSPS) is 12.5. The molecule has 268 valence electrons. The summed E-state index contributed by atoms with van der Waals surface area (Å²) in [4.78, 5) is 10.6. The van der Waals surface area contributed by atoms with Crippen LogP contribution in [-0.4, -0.2) is 47.2 Å². The maximum Gasteiger partial charge on any atom is 0.289 e. The number of nitrogens with one attached hydrogen (secondary N) is 1. The Morgan fingerprint density at radius 2 is 1.58 bits per heavy atom. The van der Waals surface area contributed by atoms with Gasteiger partial charge in [0.25, 0.3) is 15.7 Å². The van der Waals surface area contributed by atoms with E-state index in [-0.39, 0.29) is 41.1 Å². The fourth-order valence-corrected chi connectivity index (χ4v) is 15.3. The van der Waals surface area contributed by atoms with E-state index in [0.717, 1.165) is 21.5 Å². The Balaban J connectivity index is 1.76. The molecular formula is C36H44BrN3O7S2Si. The van der Waals surface area contributed by atoms with Gasteiger partial charge in [-0.1, -0.05) is 93.4 Å². The fraction of sp³-hybridized carbons (Fsp3) is 0.361. The van der Waals surface area contributed by atoms with Crippen LogP contribution in [0, 0.1) is 17.0 Å². The van der Waals surface area contributed by atoms with Crippen LogP contribution < -0.4 is 4.72 Å². The van der Waals surface area contributed by atoms with E-state index < -0.39 is 43.9 Å². The van der Waals surface area contributed by atoms with E-state index in [1.165, 1.54) is 22.2 Å². The van der Waals surface area contributed by atoms with Gasteiger partial charge in [-0.3, -0.25) is 10.1 Å². The number of aryl methyl sites for hydroxylation is 1. The first-order valence-electron chi connectivity index (χ1n) is 16.3. The second-order valence-electron chi connectivity index (χ2n) is 13.2. The number of rotatable bonds is 15. The first-order chi connectivity index (χ1) is 23.4. The predicted molar refractivity (Wildman–Crippen MR) is 204 cm³/mol. The zero-order chi connectivity index (χ0) is 37.0. The minimum Gasteiger partial charge on any atom is -0.411 e. The average Bonchev–Trinajstić information content (AvgIpc) is 3.44. The largest absolute Gasteiger partial charge is 0.411 e. The van der Waals surface area contributed by atoms with Crippen LogP contribution in [0.3, 0.4) is 0 Å². The summed E-state index contributed by atoms with van der Waals surface area (Å²) in [6.45, 7) is 14.7. The number of hydrogen-bond acceptors (Lipinski definition) is 7. The number of halogens is 1. The molecule has 10 nitrogen and oxygen atoms in total. The average molecular weight is 803 g/mol. The van der Waals surface area contributed by atoms with Gasteiger partial charge < -0.3 is 4.43 Å².